The fourth-order valence-corrected chi connectivity index (χ4v) is 5.38. The van der Waals surface area contributed by atoms with Gasteiger partial charge in [0, 0.05) is 48.4 Å². The van der Waals surface area contributed by atoms with E-state index < -0.39 is 0 Å². The van der Waals surface area contributed by atoms with Gasteiger partial charge in [-0.2, -0.15) is 0 Å². The van der Waals surface area contributed by atoms with E-state index in [4.69, 9.17) is 15.5 Å². The number of piperazine rings is 1. The van der Waals surface area contributed by atoms with Crippen molar-refractivity contribution in [1.29, 1.82) is 0 Å². The molecule has 178 valence electrons. The van der Waals surface area contributed by atoms with Crippen LogP contribution in [-0.2, 0) is 0 Å². The Bertz CT molecular complexity index is 1410. The van der Waals surface area contributed by atoms with Crippen molar-refractivity contribution in [2.45, 2.75) is 6.92 Å². The van der Waals surface area contributed by atoms with Crippen LogP contribution in [0.15, 0.2) is 60.7 Å². The van der Waals surface area contributed by atoms with Gasteiger partial charge in [-0.1, -0.05) is 12.1 Å². The number of carbonyl (C=O) groups excluding carboxylic acids is 2. The van der Waals surface area contributed by atoms with Gasteiger partial charge in [-0.05, 0) is 55.5 Å². The van der Waals surface area contributed by atoms with E-state index in [1.165, 1.54) is 11.3 Å². The average Bonchev–Trinajstić information content (AvgIpc) is 3.24. The van der Waals surface area contributed by atoms with Gasteiger partial charge in [0.15, 0.2) is 5.78 Å². The number of anilines is 2. The zero-order chi connectivity index (χ0) is 24.5. The number of methoxy groups -OCH3 is 1. The summed E-state index contributed by atoms with van der Waals surface area (Å²) in [5.41, 5.74) is 10.4. The Hall–Kier alpha value is -3.91. The number of pyridine rings is 1. The fourth-order valence-electron chi connectivity index (χ4n) is 4.32. The minimum absolute atomic E-state index is 0.0537. The van der Waals surface area contributed by atoms with E-state index in [2.05, 4.69) is 4.90 Å². The maximum absolute atomic E-state index is 13.3. The molecule has 0 unspecified atom stereocenters. The molecule has 2 aromatic carbocycles. The summed E-state index contributed by atoms with van der Waals surface area (Å²) in [5, 5.41) is 0.800. The third kappa shape index (κ3) is 4.44. The van der Waals surface area contributed by atoms with Gasteiger partial charge in [0.1, 0.15) is 15.5 Å². The average molecular weight is 487 g/mol. The lowest BCUT2D eigenvalue weighted by Crippen LogP contribution is -2.48. The first kappa shape index (κ1) is 22.9. The second-order valence-corrected chi connectivity index (χ2v) is 9.51. The molecule has 4 aromatic rings. The molecular formula is C27H26N4O3S. The Morgan fingerprint density at radius 2 is 1.74 bits per heavy atom. The van der Waals surface area contributed by atoms with E-state index in [0.717, 1.165) is 32.9 Å². The van der Waals surface area contributed by atoms with Gasteiger partial charge in [0.05, 0.1) is 18.5 Å². The van der Waals surface area contributed by atoms with Crippen LogP contribution in [0.2, 0.25) is 0 Å². The number of thiophene rings is 1. The van der Waals surface area contributed by atoms with Crippen molar-refractivity contribution in [2.24, 2.45) is 0 Å². The number of ketones is 1. The Balaban J connectivity index is 1.32. The lowest BCUT2D eigenvalue weighted by Gasteiger charge is -2.36. The lowest BCUT2D eigenvalue weighted by atomic mass is 10.1. The van der Waals surface area contributed by atoms with E-state index in [0.29, 0.717) is 42.3 Å². The molecule has 1 aliphatic rings. The summed E-state index contributed by atoms with van der Waals surface area (Å²) in [7, 11) is 1.64. The predicted molar refractivity (Wildman–Crippen MR) is 141 cm³/mol. The normalized spacial score (nSPS) is 13.8. The summed E-state index contributed by atoms with van der Waals surface area (Å²) in [6, 6.07) is 19.2. The molecule has 0 radical (unpaired) electrons. The maximum atomic E-state index is 13.3. The van der Waals surface area contributed by atoms with Crippen LogP contribution in [0.5, 0.6) is 5.75 Å². The van der Waals surface area contributed by atoms with Crippen molar-refractivity contribution in [1.82, 2.24) is 9.88 Å². The quantitative estimate of drug-likeness (QED) is 0.411. The number of Topliss-reactive ketones (excluding diaryl/α,β-unsaturated/α-hetero) is 1. The summed E-state index contributed by atoms with van der Waals surface area (Å²) in [6.45, 7) is 4.20. The summed E-state index contributed by atoms with van der Waals surface area (Å²) >= 11 is 1.34. The number of hydrogen-bond donors (Lipinski definition) is 1. The first-order valence-corrected chi connectivity index (χ1v) is 12.2. The summed E-state index contributed by atoms with van der Waals surface area (Å²) in [5.74, 6) is 0.762. The third-order valence-electron chi connectivity index (χ3n) is 6.36. The second-order valence-electron chi connectivity index (χ2n) is 8.51. The molecule has 5 rings (SSSR count). The Morgan fingerprint density at radius 1 is 1.00 bits per heavy atom. The zero-order valence-electron chi connectivity index (χ0n) is 19.7. The number of nitrogens with zero attached hydrogens (tertiary/aromatic N) is 3. The van der Waals surface area contributed by atoms with Crippen LogP contribution in [0, 0.1) is 0 Å². The monoisotopic (exact) mass is 486 g/mol. The van der Waals surface area contributed by atoms with Crippen LogP contribution in [0.1, 0.15) is 27.0 Å². The molecule has 0 atom stereocenters. The largest absolute Gasteiger partial charge is 0.497 e. The molecule has 0 spiro atoms. The van der Waals surface area contributed by atoms with Gasteiger partial charge in [-0.3, -0.25) is 9.59 Å². The smallest absolute Gasteiger partial charge is 0.266 e. The van der Waals surface area contributed by atoms with Crippen LogP contribution in [0.25, 0.3) is 21.5 Å². The van der Waals surface area contributed by atoms with Crippen molar-refractivity contribution in [2.75, 3.05) is 43.9 Å². The molecule has 0 bridgehead atoms. The first-order valence-electron chi connectivity index (χ1n) is 11.4. The maximum Gasteiger partial charge on any atom is 0.266 e. The molecule has 2 aromatic heterocycles. The van der Waals surface area contributed by atoms with E-state index in [1.54, 1.807) is 14.0 Å². The molecule has 1 fully saturated rings. The van der Waals surface area contributed by atoms with Crippen LogP contribution >= 0.6 is 11.3 Å². The standard InChI is InChI=1S/C27H26N4O3S/c1-17(32)18-6-8-20(9-7-18)30-12-14-31(15-13-30)27(33)25-24(28)22-10-11-23(29-26(22)35-25)19-4-3-5-21(16-19)34-2/h3-11,16H,12-15,28H2,1-2H3. The molecule has 1 aliphatic heterocycles. The van der Waals surface area contributed by atoms with Crippen molar-refractivity contribution in [3.8, 4) is 17.0 Å². The van der Waals surface area contributed by atoms with Crippen molar-refractivity contribution in [3.63, 3.8) is 0 Å². The molecule has 2 N–H and O–H groups in total. The van der Waals surface area contributed by atoms with Gasteiger partial charge in [-0.15, -0.1) is 11.3 Å². The highest BCUT2D eigenvalue weighted by molar-refractivity contribution is 7.21. The zero-order valence-corrected chi connectivity index (χ0v) is 20.5. The number of nitrogens with two attached hydrogens (primary N) is 1. The molecule has 0 aliphatic carbocycles. The molecule has 3 heterocycles. The highest BCUT2D eigenvalue weighted by atomic mass is 32.1. The van der Waals surface area contributed by atoms with Crippen LogP contribution in [0.4, 0.5) is 11.4 Å². The molecule has 35 heavy (non-hydrogen) atoms. The molecule has 0 saturated carbocycles. The number of ether oxygens (including phenoxy) is 1. The number of amides is 1. The Morgan fingerprint density at radius 3 is 2.43 bits per heavy atom. The van der Waals surface area contributed by atoms with Crippen molar-refractivity contribution in [3.05, 3.63) is 71.1 Å². The topological polar surface area (TPSA) is 88.8 Å². The predicted octanol–water partition coefficient (Wildman–Crippen LogP) is 4.72. The van der Waals surface area contributed by atoms with Gasteiger partial charge in [0.2, 0.25) is 0 Å². The Labute approximate surface area is 207 Å². The highest BCUT2D eigenvalue weighted by Gasteiger charge is 2.26. The van der Waals surface area contributed by atoms with E-state index in [1.807, 2.05) is 65.6 Å². The molecule has 8 heteroatoms. The third-order valence-corrected chi connectivity index (χ3v) is 7.46. The fraction of sp³-hybridized carbons (Fsp3) is 0.222. The second kappa shape index (κ2) is 9.38. The number of hydrogen-bond acceptors (Lipinski definition) is 7. The van der Waals surface area contributed by atoms with E-state index in [-0.39, 0.29) is 11.7 Å². The summed E-state index contributed by atoms with van der Waals surface area (Å²) in [6.07, 6.45) is 0. The highest BCUT2D eigenvalue weighted by Crippen LogP contribution is 2.35. The number of carbonyl (C=O) groups is 2. The molecule has 1 saturated heterocycles. The molecule has 7 nitrogen and oxygen atoms in total. The van der Waals surface area contributed by atoms with Crippen LogP contribution in [0.3, 0.4) is 0 Å². The van der Waals surface area contributed by atoms with Gasteiger partial charge < -0.3 is 20.3 Å². The van der Waals surface area contributed by atoms with Crippen LogP contribution in [-0.4, -0.2) is 54.9 Å². The van der Waals surface area contributed by atoms with E-state index >= 15 is 0 Å². The number of aromatic nitrogens is 1. The number of benzene rings is 2. The Kier molecular flexibility index (Phi) is 6.13. The molecular weight excluding hydrogens is 460 g/mol. The lowest BCUT2D eigenvalue weighted by molar-refractivity contribution is 0.0752. The minimum Gasteiger partial charge on any atom is -0.497 e. The van der Waals surface area contributed by atoms with Gasteiger partial charge in [0.25, 0.3) is 5.91 Å². The summed E-state index contributed by atoms with van der Waals surface area (Å²) < 4.78 is 5.32. The number of rotatable bonds is 5. The number of nitrogen functional groups attached to an aromatic ring is 1. The van der Waals surface area contributed by atoms with Crippen molar-refractivity contribution >= 4 is 44.6 Å². The first-order chi connectivity index (χ1) is 16.9. The van der Waals surface area contributed by atoms with Gasteiger partial charge in [-0.25, -0.2) is 4.98 Å². The van der Waals surface area contributed by atoms with Gasteiger partial charge >= 0.3 is 0 Å². The molecule has 1 amide bonds. The van der Waals surface area contributed by atoms with Crippen LogP contribution < -0.4 is 15.4 Å². The SMILES string of the molecule is COc1cccc(-c2ccc3c(N)c(C(=O)N4CCN(c5ccc(C(C)=O)cc5)CC4)sc3n2)c1. The summed E-state index contributed by atoms with van der Waals surface area (Å²) in [4.78, 5) is 35.0. The van der Waals surface area contributed by atoms with Crippen molar-refractivity contribution < 1.29 is 14.3 Å². The van der Waals surface area contributed by atoms with E-state index in [9.17, 15) is 9.59 Å². The number of fused-ring (bicyclic) bond motifs is 1. The minimum atomic E-state index is -0.0555.